The van der Waals surface area contributed by atoms with E-state index in [1.165, 1.54) is 19.3 Å². The number of aliphatic hydroxyl groups is 1. The van der Waals surface area contributed by atoms with Gasteiger partial charge in [-0.1, -0.05) is 71.1 Å². The molecule has 0 saturated carbocycles. The van der Waals surface area contributed by atoms with E-state index in [2.05, 4.69) is 6.92 Å². The van der Waals surface area contributed by atoms with Gasteiger partial charge >= 0.3 is 13.8 Å². The molecule has 0 radical (unpaired) electrons. The Morgan fingerprint density at radius 2 is 1.38 bits per heavy atom. The highest BCUT2D eigenvalue weighted by Crippen LogP contribution is 2.40. The lowest BCUT2D eigenvalue weighted by Crippen LogP contribution is -2.28. The first kappa shape index (κ1) is 25.5. The minimum Gasteiger partial charge on any atom is -0.481 e. The highest BCUT2D eigenvalue weighted by Gasteiger charge is 2.27. The van der Waals surface area contributed by atoms with E-state index in [9.17, 15) is 14.5 Å². The zero-order chi connectivity index (χ0) is 19.8. The zero-order valence-corrected chi connectivity index (χ0v) is 16.9. The van der Waals surface area contributed by atoms with Crippen LogP contribution in [0.5, 0.6) is 0 Å². The summed E-state index contributed by atoms with van der Waals surface area (Å²) in [4.78, 5) is 28.5. The first-order valence-corrected chi connectivity index (χ1v) is 11.4. The second kappa shape index (κ2) is 15.6. The van der Waals surface area contributed by atoms with Gasteiger partial charge in [-0.3, -0.25) is 9.32 Å². The van der Waals surface area contributed by atoms with Gasteiger partial charge in [0.05, 0.1) is 12.2 Å². The third kappa shape index (κ3) is 17.0. The van der Waals surface area contributed by atoms with Crippen molar-refractivity contribution in [1.29, 1.82) is 0 Å². The molecular weight excluding hydrogens is 359 g/mol. The summed E-state index contributed by atoms with van der Waals surface area (Å²) in [5.74, 6) is -0.794. The van der Waals surface area contributed by atoms with Gasteiger partial charge in [0, 0.05) is 6.42 Å². The summed E-state index contributed by atoms with van der Waals surface area (Å²) in [6.45, 7) is 2.15. The number of aliphatic carboxylic acids is 1. The molecule has 156 valence electrons. The second-order valence-electron chi connectivity index (χ2n) is 6.96. The number of carbonyl (C=O) groups is 1. The summed E-state index contributed by atoms with van der Waals surface area (Å²) in [5, 5.41) is 18.8. The average Bonchev–Trinajstić information content (AvgIpc) is 2.54. The fourth-order valence-electron chi connectivity index (χ4n) is 2.96. The SMILES string of the molecule is CCCCCCCC[C@H](O)C(CCCCCCCC(=O)O)OP(=O)(O)O. The van der Waals surface area contributed by atoms with Crippen LogP contribution in [0.4, 0.5) is 0 Å². The van der Waals surface area contributed by atoms with Crippen LogP contribution in [0, 0.1) is 0 Å². The van der Waals surface area contributed by atoms with E-state index in [0.29, 0.717) is 25.7 Å². The van der Waals surface area contributed by atoms with Gasteiger partial charge in [0.1, 0.15) is 0 Å². The van der Waals surface area contributed by atoms with Crippen molar-refractivity contribution in [2.24, 2.45) is 0 Å². The van der Waals surface area contributed by atoms with E-state index in [1.54, 1.807) is 0 Å². The number of phosphoric ester groups is 1. The third-order valence-electron chi connectivity index (χ3n) is 4.43. The van der Waals surface area contributed by atoms with Crippen LogP contribution in [-0.4, -0.2) is 38.2 Å². The molecule has 0 saturated heterocycles. The van der Waals surface area contributed by atoms with Crippen molar-refractivity contribution in [2.45, 2.75) is 109 Å². The van der Waals surface area contributed by atoms with Crippen LogP contribution in [0.25, 0.3) is 0 Å². The Hall–Kier alpha value is -0.460. The molecule has 0 aliphatic carbocycles. The molecule has 0 aromatic rings. The van der Waals surface area contributed by atoms with E-state index in [-0.39, 0.29) is 6.42 Å². The molecule has 2 atom stereocenters. The van der Waals surface area contributed by atoms with Gasteiger partial charge in [0.15, 0.2) is 0 Å². The van der Waals surface area contributed by atoms with E-state index in [1.807, 2.05) is 0 Å². The Kier molecular flexibility index (Phi) is 15.3. The quantitative estimate of drug-likeness (QED) is 0.200. The molecule has 0 aromatic carbocycles. The van der Waals surface area contributed by atoms with Crippen molar-refractivity contribution in [3.05, 3.63) is 0 Å². The van der Waals surface area contributed by atoms with Crippen molar-refractivity contribution in [3.63, 3.8) is 0 Å². The average molecular weight is 396 g/mol. The minimum atomic E-state index is -4.63. The van der Waals surface area contributed by atoms with Gasteiger partial charge in [-0.2, -0.15) is 0 Å². The molecule has 0 bridgehead atoms. The molecule has 0 rings (SSSR count). The van der Waals surface area contributed by atoms with Crippen LogP contribution in [-0.2, 0) is 13.9 Å². The smallest absolute Gasteiger partial charge is 0.469 e. The van der Waals surface area contributed by atoms with E-state index in [0.717, 1.165) is 38.5 Å². The molecule has 0 amide bonds. The van der Waals surface area contributed by atoms with Gasteiger partial charge in [0.25, 0.3) is 0 Å². The van der Waals surface area contributed by atoms with E-state index < -0.39 is 26.0 Å². The maximum atomic E-state index is 11.1. The molecule has 4 N–H and O–H groups in total. The number of aliphatic hydroxyl groups excluding tert-OH is 1. The molecule has 0 aliphatic rings. The second-order valence-corrected chi connectivity index (χ2v) is 8.15. The largest absolute Gasteiger partial charge is 0.481 e. The van der Waals surface area contributed by atoms with Crippen LogP contribution < -0.4 is 0 Å². The Bertz CT molecular complexity index is 397. The summed E-state index contributed by atoms with van der Waals surface area (Å²) < 4.78 is 15.9. The maximum Gasteiger partial charge on any atom is 0.469 e. The van der Waals surface area contributed by atoms with Gasteiger partial charge in [-0.15, -0.1) is 0 Å². The van der Waals surface area contributed by atoms with E-state index in [4.69, 9.17) is 19.4 Å². The highest BCUT2D eigenvalue weighted by molar-refractivity contribution is 7.46. The number of phosphoric acid groups is 1. The Morgan fingerprint density at radius 1 is 0.885 bits per heavy atom. The van der Waals surface area contributed by atoms with E-state index >= 15 is 0 Å². The molecule has 0 fully saturated rings. The van der Waals surface area contributed by atoms with Crippen LogP contribution in [0.2, 0.25) is 0 Å². The summed E-state index contributed by atoms with van der Waals surface area (Å²) in [6, 6.07) is 0. The van der Waals surface area contributed by atoms with Crippen LogP contribution >= 0.6 is 7.82 Å². The summed E-state index contributed by atoms with van der Waals surface area (Å²) in [6.07, 6.45) is 9.63. The maximum absolute atomic E-state index is 11.1. The summed E-state index contributed by atoms with van der Waals surface area (Å²) in [5.41, 5.74) is 0. The van der Waals surface area contributed by atoms with Gasteiger partial charge < -0.3 is 20.0 Å². The lowest BCUT2D eigenvalue weighted by Gasteiger charge is -2.23. The number of carboxylic acid groups (broad SMARTS) is 1. The zero-order valence-electron chi connectivity index (χ0n) is 16.0. The fraction of sp³-hybridized carbons (Fsp3) is 0.944. The molecular formula is C18H37O7P. The summed E-state index contributed by atoms with van der Waals surface area (Å²) >= 11 is 0. The fourth-order valence-corrected chi connectivity index (χ4v) is 3.56. The van der Waals surface area contributed by atoms with Crippen molar-refractivity contribution in [2.75, 3.05) is 0 Å². The number of hydrogen-bond donors (Lipinski definition) is 4. The van der Waals surface area contributed by atoms with Gasteiger partial charge in [-0.05, 0) is 19.3 Å². The van der Waals surface area contributed by atoms with Crippen molar-refractivity contribution in [1.82, 2.24) is 0 Å². The number of rotatable bonds is 18. The summed E-state index contributed by atoms with van der Waals surface area (Å²) in [7, 11) is -4.63. The van der Waals surface area contributed by atoms with Crippen molar-refractivity contribution in [3.8, 4) is 0 Å². The Labute approximate surface area is 157 Å². The minimum absolute atomic E-state index is 0.168. The Balaban J connectivity index is 4.06. The first-order valence-electron chi connectivity index (χ1n) is 9.90. The van der Waals surface area contributed by atoms with Gasteiger partial charge in [-0.25, -0.2) is 4.57 Å². The van der Waals surface area contributed by atoms with Crippen LogP contribution in [0.15, 0.2) is 0 Å². The third-order valence-corrected chi connectivity index (χ3v) is 4.98. The predicted molar refractivity (Wildman–Crippen MR) is 101 cm³/mol. The van der Waals surface area contributed by atoms with Crippen molar-refractivity contribution < 1.29 is 33.9 Å². The number of unbranched alkanes of at least 4 members (excludes halogenated alkanes) is 9. The first-order chi connectivity index (χ1) is 12.3. The molecule has 0 spiro atoms. The lowest BCUT2D eigenvalue weighted by molar-refractivity contribution is -0.137. The predicted octanol–water partition coefficient (Wildman–Crippen LogP) is 4.39. The molecule has 0 aromatic heterocycles. The standard InChI is InChI=1S/C18H37O7P/c1-2-3-4-5-7-10-13-16(19)17(25-26(22,23)24)14-11-8-6-9-12-15-18(20)21/h16-17,19H,2-15H2,1H3,(H,20,21)(H2,22,23,24)/t16-,17?/m0/s1. The van der Waals surface area contributed by atoms with Crippen LogP contribution in [0.3, 0.4) is 0 Å². The Morgan fingerprint density at radius 3 is 1.92 bits per heavy atom. The molecule has 26 heavy (non-hydrogen) atoms. The highest BCUT2D eigenvalue weighted by atomic mass is 31.2. The molecule has 7 nitrogen and oxygen atoms in total. The molecule has 0 heterocycles. The normalized spacial score (nSPS) is 14.3. The molecule has 0 aliphatic heterocycles. The monoisotopic (exact) mass is 396 g/mol. The van der Waals surface area contributed by atoms with Crippen molar-refractivity contribution >= 4 is 13.8 Å². The number of carboxylic acids is 1. The molecule has 1 unspecified atom stereocenters. The lowest BCUT2D eigenvalue weighted by atomic mass is 9.99. The molecule has 8 heteroatoms. The number of hydrogen-bond acceptors (Lipinski definition) is 4. The van der Waals surface area contributed by atoms with Crippen LogP contribution in [0.1, 0.15) is 96.8 Å². The van der Waals surface area contributed by atoms with Gasteiger partial charge in [0.2, 0.25) is 0 Å². The topological polar surface area (TPSA) is 124 Å².